The average Bonchev–Trinajstić information content (AvgIpc) is 2.83. The maximum absolute atomic E-state index is 12.0. The third-order valence-electron chi connectivity index (χ3n) is 2.78. The van der Waals surface area contributed by atoms with Crippen molar-refractivity contribution in [3.63, 3.8) is 0 Å². The normalized spacial score (nSPS) is 10.8. The Labute approximate surface area is 120 Å². The number of aromatic nitrogens is 3. The van der Waals surface area contributed by atoms with Crippen molar-refractivity contribution in [2.24, 2.45) is 0 Å². The zero-order valence-electron chi connectivity index (χ0n) is 11.7. The Kier molecular flexibility index (Phi) is 4.33. The maximum Gasteiger partial charge on any atom is 0.275 e. The van der Waals surface area contributed by atoms with E-state index in [1.165, 1.54) is 21.9 Å². The van der Waals surface area contributed by atoms with Gasteiger partial charge in [0.1, 0.15) is 0 Å². The van der Waals surface area contributed by atoms with Crippen LogP contribution in [0.25, 0.3) is 4.96 Å². The van der Waals surface area contributed by atoms with Gasteiger partial charge in [0.15, 0.2) is 0 Å². The van der Waals surface area contributed by atoms with Gasteiger partial charge in [0.05, 0.1) is 6.54 Å². The molecule has 20 heavy (non-hydrogen) atoms. The molecule has 8 heteroatoms. The predicted molar refractivity (Wildman–Crippen MR) is 78.5 cm³/mol. The van der Waals surface area contributed by atoms with Gasteiger partial charge in [-0.3, -0.25) is 9.59 Å². The molecule has 0 bridgehead atoms. The van der Waals surface area contributed by atoms with Crippen LogP contribution < -0.4 is 15.8 Å². The van der Waals surface area contributed by atoms with Crippen LogP contribution in [0.5, 0.6) is 0 Å². The average molecular weight is 295 g/mol. The Hall–Kier alpha value is -1.96. The predicted octanol–water partition coefficient (Wildman–Crippen LogP) is 0.286. The minimum Gasteiger partial charge on any atom is -0.358 e. The second-order valence-electron chi connectivity index (χ2n) is 4.44. The smallest absolute Gasteiger partial charge is 0.275 e. The molecule has 0 atom stereocenters. The Morgan fingerprint density at radius 2 is 2.30 bits per heavy atom. The first-order valence-electron chi connectivity index (χ1n) is 6.36. The van der Waals surface area contributed by atoms with Crippen molar-refractivity contribution in [2.45, 2.75) is 19.8 Å². The number of anilines is 1. The van der Waals surface area contributed by atoms with Crippen LogP contribution in [0.15, 0.2) is 10.9 Å². The summed E-state index contributed by atoms with van der Waals surface area (Å²) < 4.78 is 1.28. The number of aryl methyl sites for hydroxylation is 1. The number of amides is 1. The Morgan fingerprint density at radius 3 is 2.95 bits per heavy atom. The highest BCUT2D eigenvalue weighted by Crippen LogP contribution is 2.20. The topological polar surface area (TPSA) is 79.6 Å². The van der Waals surface area contributed by atoms with Crippen molar-refractivity contribution in [1.29, 1.82) is 0 Å². The highest BCUT2D eigenvalue weighted by atomic mass is 32.1. The molecule has 0 fully saturated rings. The zero-order valence-corrected chi connectivity index (χ0v) is 12.5. The molecule has 0 aliphatic heterocycles. The lowest BCUT2D eigenvalue weighted by molar-refractivity contribution is -0.119. The molecule has 2 heterocycles. The van der Waals surface area contributed by atoms with Gasteiger partial charge in [0.25, 0.3) is 5.56 Å². The number of carbonyl (C=O) groups is 1. The van der Waals surface area contributed by atoms with E-state index < -0.39 is 0 Å². The molecule has 0 unspecified atom stereocenters. The summed E-state index contributed by atoms with van der Waals surface area (Å²) in [5.41, 5.74) is 0.593. The minimum atomic E-state index is -0.186. The molecule has 108 valence electrons. The summed E-state index contributed by atoms with van der Waals surface area (Å²) >= 11 is 1.30. The minimum absolute atomic E-state index is 0.112. The van der Waals surface area contributed by atoms with E-state index in [0.29, 0.717) is 10.1 Å². The van der Waals surface area contributed by atoms with Gasteiger partial charge in [-0.15, -0.1) is 5.10 Å². The summed E-state index contributed by atoms with van der Waals surface area (Å²) in [6, 6.07) is 1.51. The number of likely N-dealkylation sites (N-methyl/N-ethyl adjacent to an activating group) is 2. The molecule has 7 nitrogen and oxygen atoms in total. The van der Waals surface area contributed by atoms with Gasteiger partial charge in [-0.2, -0.15) is 4.52 Å². The first-order chi connectivity index (χ1) is 9.55. The van der Waals surface area contributed by atoms with Crippen LogP contribution in [0.4, 0.5) is 5.13 Å². The van der Waals surface area contributed by atoms with Crippen molar-refractivity contribution in [3.8, 4) is 0 Å². The molecule has 2 rings (SSSR count). The van der Waals surface area contributed by atoms with Crippen LogP contribution in [0.1, 0.15) is 19.0 Å². The van der Waals surface area contributed by atoms with Gasteiger partial charge >= 0.3 is 0 Å². The molecular formula is C12H17N5O2S. The molecule has 0 saturated heterocycles. The lowest BCUT2D eigenvalue weighted by Gasteiger charge is -2.12. The van der Waals surface area contributed by atoms with Crippen LogP contribution >= 0.6 is 11.3 Å². The third kappa shape index (κ3) is 2.96. The van der Waals surface area contributed by atoms with Crippen LogP contribution in [0.3, 0.4) is 0 Å². The lowest BCUT2D eigenvalue weighted by atomic mass is 10.2. The molecule has 2 aromatic heterocycles. The molecule has 0 aliphatic carbocycles. The van der Waals surface area contributed by atoms with Crippen LogP contribution in [0.2, 0.25) is 0 Å². The van der Waals surface area contributed by atoms with E-state index in [9.17, 15) is 9.59 Å². The van der Waals surface area contributed by atoms with Crippen LogP contribution in [-0.4, -0.2) is 41.1 Å². The number of carbonyl (C=O) groups excluding carboxylic acids is 1. The zero-order chi connectivity index (χ0) is 14.7. The van der Waals surface area contributed by atoms with Crippen molar-refractivity contribution < 1.29 is 4.79 Å². The molecule has 0 aliphatic rings. The molecule has 1 amide bonds. The Bertz CT molecular complexity index is 678. The molecular weight excluding hydrogens is 278 g/mol. The van der Waals surface area contributed by atoms with Gasteiger partial charge in [-0.05, 0) is 6.42 Å². The highest BCUT2D eigenvalue weighted by molar-refractivity contribution is 7.20. The van der Waals surface area contributed by atoms with Crippen LogP contribution in [-0.2, 0) is 11.2 Å². The largest absolute Gasteiger partial charge is 0.358 e. The van der Waals surface area contributed by atoms with Gasteiger partial charge in [0.2, 0.25) is 16.0 Å². The van der Waals surface area contributed by atoms with Crippen molar-refractivity contribution in [2.75, 3.05) is 25.5 Å². The van der Waals surface area contributed by atoms with Crippen molar-refractivity contribution in [1.82, 2.24) is 19.9 Å². The quantitative estimate of drug-likeness (QED) is 0.857. The lowest BCUT2D eigenvalue weighted by Crippen LogP contribution is -2.33. The molecule has 0 spiro atoms. The molecule has 0 radical (unpaired) electrons. The second kappa shape index (κ2) is 6.00. The van der Waals surface area contributed by atoms with Gasteiger partial charge in [0, 0.05) is 25.9 Å². The fourth-order valence-electron chi connectivity index (χ4n) is 1.75. The first-order valence-corrected chi connectivity index (χ1v) is 7.18. The summed E-state index contributed by atoms with van der Waals surface area (Å²) in [6.07, 6.45) is 1.71. The fraction of sp³-hybridized carbons (Fsp3) is 0.500. The van der Waals surface area contributed by atoms with E-state index in [0.717, 1.165) is 18.5 Å². The Morgan fingerprint density at radius 1 is 1.55 bits per heavy atom. The monoisotopic (exact) mass is 295 g/mol. The van der Waals surface area contributed by atoms with Crippen molar-refractivity contribution >= 4 is 27.3 Å². The number of fused-ring (bicyclic) bond motifs is 1. The molecule has 0 saturated carbocycles. The van der Waals surface area contributed by atoms with Crippen molar-refractivity contribution in [3.05, 3.63) is 22.1 Å². The summed E-state index contributed by atoms with van der Waals surface area (Å²) in [6.45, 7) is 2.23. The molecule has 1 N–H and O–H groups in total. The number of rotatable bonds is 5. The standard InChI is InChI=1S/C12H17N5O2S/c1-4-5-8-6-10(19)17-11(14-8)20-12(15-17)16(3)7-9(18)13-2/h6H,4-5,7H2,1-3H3,(H,13,18). The van der Waals surface area contributed by atoms with Crippen LogP contribution in [0, 0.1) is 0 Å². The number of hydrogen-bond acceptors (Lipinski definition) is 6. The van der Waals surface area contributed by atoms with E-state index >= 15 is 0 Å². The summed E-state index contributed by atoms with van der Waals surface area (Å²) in [7, 11) is 3.34. The van der Waals surface area contributed by atoms with Gasteiger partial charge in [-0.1, -0.05) is 24.7 Å². The maximum atomic E-state index is 12.0. The summed E-state index contributed by atoms with van der Waals surface area (Å²) in [4.78, 5) is 30.0. The molecule has 2 aromatic rings. The first kappa shape index (κ1) is 14.4. The third-order valence-corrected chi connectivity index (χ3v) is 3.80. The van der Waals surface area contributed by atoms with Gasteiger partial charge < -0.3 is 10.2 Å². The number of nitrogens with zero attached hydrogens (tertiary/aromatic N) is 4. The highest BCUT2D eigenvalue weighted by Gasteiger charge is 2.13. The van der Waals surface area contributed by atoms with Gasteiger partial charge in [-0.25, -0.2) is 4.98 Å². The van der Waals surface area contributed by atoms with E-state index in [1.807, 2.05) is 6.92 Å². The number of hydrogen-bond donors (Lipinski definition) is 1. The summed E-state index contributed by atoms with van der Waals surface area (Å²) in [5.74, 6) is -0.112. The fourth-order valence-corrected chi connectivity index (χ4v) is 2.63. The van der Waals surface area contributed by atoms with E-state index in [4.69, 9.17) is 0 Å². The second-order valence-corrected chi connectivity index (χ2v) is 5.38. The summed E-state index contributed by atoms with van der Waals surface area (Å²) in [5, 5.41) is 7.35. The Balaban J connectivity index is 2.35. The number of nitrogens with one attached hydrogen (secondary N) is 1. The van der Waals surface area contributed by atoms with E-state index in [-0.39, 0.29) is 18.0 Å². The SMILES string of the molecule is CCCc1cc(=O)n2nc(N(C)CC(=O)NC)sc2n1. The van der Waals surface area contributed by atoms with E-state index in [1.54, 1.807) is 19.0 Å². The molecule has 0 aromatic carbocycles. The van der Waals surface area contributed by atoms with E-state index in [2.05, 4.69) is 15.4 Å².